The molecule has 4 nitrogen and oxygen atoms in total. The molecule has 0 amide bonds. The normalized spacial score (nSPS) is 11.5. The molecule has 0 saturated carbocycles. The summed E-state index contributed by atoms with van der Waals surface area (Å²) in [6.45, 7) is 1.92. The molecule has 0 saturated heterocycles. The maximum absolute atomic E-state index is 12.2. The molecular formula is C10H13F3N2O2. The van der Waals surface area contributed by atoms with Crippen LogP contribution in [0.25, 0.3) is 0 Å². The van der Waals surface area contributed by atoms with Crippen molar-refractivity contribution in [3.8, 4) is 0 Å². The molecule has 0 aliphatic heterocycles. The van der Waals surface area contributed by atoms with Gasteiger partial charge in [0.05, 0.1) is 18.4 Å². The first-order valence-corrected chi connectivity index (χ1v) is 5.18. The van der Waals surface area contributed by atoms with E-state index in [1.807, 2.05) is 6.92 Å². The van der Waals surface area contributed by atoms with E-state index in [4.69, 9.17) is 4.74 Å². The lowest BCUT2D eigenvalue weighted by molar-refractivity contribution is -0.145. The molecule has 7 heteroatoms. The highest BCUT2D eigenvalue weighted by Gasteiger charge is 2.32. The van der Waals surface area contributed by atoms with Crippen LogP contribution in [0.5, 0.6) is 0 Å². The largest absolute Gasteiger partial charge is 0.464 e. The van der Waals surface area contributed by atoms with E-state index in [0.29, 0.717) is 6.20 Å². The predicted octanol–water partition coefficient (Wildman–Crippen LogP) is 2.25. The van der Waals surface area contributed by atoms with E-state index in [1.54, 1.807) is 0 Å². The first kappa shape index (κ1) is 13.5. The van der Waals surface area contributed by atoms with Gasteiger partial charge in [-0.25, -0.2) is 0 Å². The highest BCUT2D eigenvalue weighted by Crippen LogP contribution is 2.28. The molecule has 0 fully saturated rings. The molecule has 1 heterocycles. The number of rotatable bonds is 5. The lowest BCUT2D eigenvalue weighted by atomic mass is 10.3. The lowest BCUT2D eigenvalue weighted by Crippen LogP contribution is -2.14. The maximum atomic E-state index is 12.2. The first-order valence-electron chi connectivity index (χ1n) is 5.18. The second-order valence-electron chi connectivity index (χ2n) is 3.50. The van der Waals surface area contributed by atoms with Crippen molar-refractivity contribution in [1.82, 2.24) is 9.78 Å². The van der Waals surface area contributed by atoms with Crippen LogP contribution in [0.1, 0.15) is 25.3 Å². The predicted molar refractivity (Wildman–Crippen MR) is 53.1 cm³/mol. The number of halogens is 3. The molecule has 0 aliphatic carbocycles. The Bertz CT molecular complexity index is 374. The van der Waals surface area contributed by atoms with Gasteiger partial charge in [-0.2, -0.15) is 18.3 Å². The van der Waals surface area contributed by atoms with Crippen molar-refractivity contribution in [2.24, 2.45) is 0 Å². The van der Waals surface area contributed by atoms with Crippen molar-refractivity contribution in [3.63, 3.8) is 0 Å². The van der Waals surface area contributed by atoms with Crippen molar-refractivity contribution in [1.29, 1.82) is 0 Å². The van der Waals surface area contributed by atoms with E-state index in [0.717, 1.165) is 23.7 Å². The van der Waals surface area contributed by atoms with Crippen LogP contribution in [0.2, 0.25) is 0 Å². The van der Waals surface area contributed by atoms with Crippen LogP contribution >= 0.6 is 0 Å². The Balaban J connectivity index is 2.46. The quantitative estimate of drug-likeness (QED) is 0.594. The number of hydrogen-bond donors (Lipinski definition) is 0. The van der Waals surface area contributed by atoms with Gasteiger partial charge in [0.1, 0.15) is 6.54 Å². The summed E-state index contributed by atoms with van der Waals surface area (Å²) in [4.78, 5) is 11.2. The second kappa shape index (κ2) is 5.70. The van der Waals surface area contributed by atoms with E-state index in [9.17, 15) is 18.0 Å². The van der Waals surface area contributed by atoms with Crippen molar-refractivity contribution < 1.29 is 22.7 Å². The fourth-order valence-corrected chi connectivity index (χ4v) is 1.10. The molecular weight excluding hydrogens is 237 g/mol. The number of carbonyl (C=O) groups is 1. The molecule has 1 rings (SSSR count). The Morgan fingerprint density at radius 2 is 2.24 bits per heavy atom. The number of esters is 1. The van der Waals surface area contributed by atoms with Crippen molar-refractivity contribution >= 4 is 5.97 Å². The van der Waals surface area contributed by atoms with E-state index in [-0.39, 0.29) is 13.2 Å². The van der Waals surface area contributed by atoms with E-state index >= 15 is 0 Å². The monoisotopic (exact) mass is 250 g/mol. The Morgan fingerprint density at radius 1 is 1.53 bits per heavy atom. The third-order valence-corrected chi connectivity index (χ3v) is 2.01. The molecule has 17 heavy (non-hydrogen) atoms. The van der Waals surface area contributed by atoms with Gasteiger partial charge in [0.25, 0.3) is 0 Å². The Labute approximate surface area is 96.4 Å². The molecule has 0 spiro atoms. The average Bonchev–Trinajstić information content (AvgIpc) is 2.66. The molecule has 0 aliphatic rings. The molecule has 1 aromatic rings. The standard InChI is InChI=1S/C10H13F3N2O2/c1-2-3-4-17-9(16)7-15-6-8(5-14-15)10(11,12)13/h5-6H,2-4,7H2,1H3. The SMILES string of the molecule is CCCCOC(=O)Cn1cc(C(F)(F)F)cn1. The molecule has 0 radical (unpaired) electrons. The Hall–Kier alpha value is -1.53. The summed E-state index contributed by atoms with van der Waals surface area (Å²) in [7, 11) is 0. The maximum Gasteiger partial charge on any atom is 0.419 e. The molecule has 0 aromatic carbocycles. The van der Waals surface area contributed by atoms with Gasteiger partial charge in [0.2, 0.25) is 0 Å². The van der Waals surface area contributed by atoms with Gasteiger partial charge >= 0.3 is 12.1 Å². The Kier molecular flexibility index (Phi) is 4.53. The second-order valence-corrected chi connectivity index (χ2v) is 3.50. The summed E-state index contributed by atoms with van der Waals surface area (Å²) in [6, 6.07) is 0. The van der Waals surface area contributed by atoms with Gasteiger partial charge in [0.15, 0.2) is 0 Å². The van der Waals surface area contributed by atoms with Crippen molar-refractivity contribution in [3.05, 3.63) is 18.0 Å². The van der Waals surface area contributed by atoms with E-state index in [2.05, 4.69) is 5.10 Å². The van der Waals surface area contributed by atoms with Gasteiger partial charge in [-0.3, -0.25) is 9.48 Å². The van der Waals surface area contributed by atoms with Gasteiger partial charge in [0, 0.05) is 6.20 Å². The zero-order valence-corrected chi connectivity index (χ0v) is 9.33. The lowest BCUT2D eigenvalue weighted by Gasteiger charge is -2.04. The van der Waals surface area contributed by atoms with Gasteiger partial charge in [-0.15, -0.1) is 0 Å². The summed E-state index contributed by atoms with van der Waals surface area (Å²) >= 11 is 0. The van der Waals surface area contributed by atoms with Crippen LogP contribution in [0.3, 0.4) is 0 Å². The fraction of sp³-hybridized carbons (Fsp3) is 0.600. The van der Waals surface area contributed by atoms with Crippen LogP contribution in [0.4, 0.5) is 13.2 Å². The van der Waals surface area contributed by atoms with Crippen LogP contribution in [0, 0.1) is 0 Å². The average molecular weight is 250 g/mol. The molecule has 96 valence electrons. The number of aromatic nitrogens is 2. The third-order valence-electron chi connectivity index (χ3n) is 2.01. The fourth-order valence-electron chi connectivity index (χ4n) is 1.10. The Morgan fingerprint density at radius 3 is 2.76 bits per heavy atom. The molecule has 0 unspecified atom stereocenters. The zero-order chi connectivity index (χ0) is 12.9. The third kappa shape index (κ3) is 4.46. The molecule has 1 aromatic heterocycles. The summed E-state index contributed by atoms with van der Waals surface area (Å²) in [6.07, 6.45) is -1.36. The zero-order valence-electron chi connectivity index (χ0n) is 9.33. The van der Waals surface area contributed by atoms with E-state index in [1.165, 1.54) is 0 Å². The smallest absolute Gasteiger partial charge is 0.419 e. The minimum absolute atomic E-state index is 0.280. The van der Waals surface area contributed by atoms with Gasteiger partial charge in [-0.05, 0) is 6.42 Å². The van der Waals surface area contributed by atoms with Gasteiger partial charge < -0.3 is 4.74 Å². The molecule has 0 N–H and O–H groups in total. The van der Waals surface area contributed by atoms with Crippen LogP contribution < -0.4 is 0 Å². The minimum atomic E-state index is -4.44. The number of ether oxygens (including phenoxy) is 1. The number of nitrogens with zero attached hydrogens (tertiary/aromatic N) is 2. The topological polar surface area (TPSA) is 44.1 Å². The van der Waals surface area contributed by atoms with E-state index < -0.39 is 17.7 Å². The van der Waals surface area contributed by atoms with Crippen molar-refractivity contribution in [2.45, 2.75) is 32.5 Å². The first-order chi connectivity index (χ1) is 7.93. The molecule has 0 atom stereocenters. The summed E-state index contributed by atoms with van der Waals surface area (Å²) in [5.74, 6) is -0.588. The summed E-state index contributed by atoms with van der Waals surface area (Å²) in [5, 5.41) is 3.45. The van der Waals surface area contributed by atoms with Crippen LogP contribution in [0.15, 0.2) is 12.4 Å². The minimum Gasteiger partial charge on any atom is -0.464 e. The number of carbonyl (C=O) groups excluding carboxylic acids is 1. The summed E-state index contributed by atoms with van der Waals surface area (Å²) in [5.41, 5.74) is -0.876. The van der Waals surface area contributed by atoms with Crippen molar-refractivity contribution in [2.75, 3.05) is 6.61 Å². The highest BCUT2D eigenvalue weighted by atomic mass is 19.4. The highest BCUT2D eigenvalue weighted by molar-refractivity contribution is 5.69. The van der Waals surface area contributed by atoms with Crippen LogP contribution in [-0.4, -0.2) is 22.4 Å². The number of alkyl halides is 3. The van der Waals surface area contributed by atoms with Gasteiger partial charge in [-0.1, -0.05) is 13.3 Å². The molecule has 0 bridgehead atoms. The number of unbranched alkanes of at least 4 members (excludes halogenated alkanes) is 1. The number of hydrogen-bond acceptors (Lipinski definition) is 3. The van der Waals surface area contributed by atoms with Crippen LogP contribution in [-0.2, 0) is 22.3 Å². The summed E-state index contributed by atoms with van der Waals surface area (Å²) < 4.78 is 42.4.